The summed E-state index contributed by atoms with van der Waals surface area (Å²) in [5.74, 6) is -0.0657. The van der Waals surface area contributed by atoms with Crippen LogP contribution < -0.4 is 4.90 Å². The molecule has 10 heteroatoms. The molecule has 1 aromatic carbocycles. The monoisotopic (exact) mass is 511 g/mol. The van der Waals surface area contributed by atoms with E-state index in [4.69, 9.17) is 21.3 Å². The third-order valence-corrected chi connectivity index (χ3v) is 7.19. The minimum absolute atomic E-state index is 0. The highest BCUT2D eigenvalue weighted by Crippen LogP contribution is 2.34. The van der Waals surface area contributed by atoms with Crippen LogP contribution in [0.3, 0.4) is 0 Å². The molecular weight excluding hydrogens is 481 g/mol. The van der Waals surface area contributed by atoms with Crippen LogP contribution in [0.15, 0.2) is 18.2 Å². The van der Waals surface area contributed by atoms with Crippen molar-refractivity contribution in [2.75, 3.05) is 44.3 Å². The number of morpholine rings is 1. The number of amides is 1. The fourth-order valence-electron chi connectivity index (χ4n) is 3.97. The summed E-state index contributed by atoms with van der Waals surface area (Å²) in [5, 5.41) is 5.93. The lowest BCUT2D eigenvalue weighted by Crippen LogP contribution is -2.39. The standard InChI is InChI=1S/C23H30ClN5O2S.ClH/c1-15(2)29-19(14-16(3)26-29)22(30)28(9-5-8-27-10-12-31-13-11-27)23-25-21-17(4)18(24)6-7-20(21)32-23;/h6-7,14-15H,5,8-13H2,1-4H3;1H. The number of hydrogen-bond acceptors (Lipinski definition) is 6. The summed E-state index contributed by atoms with van der Waals surface area (Å²) in [7, 11) is 0. The van der Waals surface area contributed by atoms with Crippen LogP contribution in [0.5, 0.6) is 0 Å². The van der Waals surface area contributed by atoms with Gasteiger partial charge in [-0.3, -0.25) is 19.3 Å². The fraction of sp³-hybridized carbons (Fsp3) is 0.522. The van der Waals surface area contributed by atoms with Crippen LogP contribution in [-0.2, 0) is 4.74 Å². The molecular formula is C23H31Cl2N5O2S. The van der Waals surface area contributed by atoms with Crippen molar-refractivity contribution >= 4 is 56.6 Å². The lowest BCUT2D eigenvalue weighted by molar-refractivity contribution is 0.0376. The molecule has 0 aliphatic carbocycles. The highest BCUT2D eigenvalue weighted by molar-refractivity contribution is 7.22. The molecule has 1 aliphatic heterocycles. The molecule has 0 N–H and O–H groups in total. The molecule has 1 saturated heterocycles. The van der Waals surface area contributed by atoms with Crippen LogP contribution in [0.1, 0.15) is 48.1 Å². The number of aromatic nitrogens is 3. The number of hydrogen-bond donors (Lipinski definition) is 0. The van der Waals surface area contributed by atoms with E-state index >= 15 is 0 Å². The van der Waals surface area contributed by atoms with Crippen molar-refractivity contribution in [3.05, 3.63) is 40.2 Å². The zero-order valence-corrected chi connectivity index (χ0v) is 21.9. The van der Waals surface area contributed by atoms with E-state index in [1.54, 1.807) is 0 Å². The SMILES string of the molecule is Cc1cc(C(=O)N(CCCN2CCOCC2)c2nc3c(C)c(Cl)ccc3s2)n(C(C)C)n1.Cl. The van der Waals surface area contributed by atoms with E-state index in [-0.39, 0.29) is 24.4 Å². The highest BCUT2D eigenvalue weighted by atomic mass is 35.5. The Hall–Kier alpha value is -1.71. The van der Waals surface area contributed by atoms with Gasteiger partial charge in [0.1, 0.15) is 5.69 Å². The minimum atomic E-state index is -0.0657. The van der Waals surface area contributed by atoms with Gasteiger partial charge in [0.15, 0.2) is 5.13 Å². The first-order valence-electron chi connectivity index (χ1n) is 11.1. The molecule has 180 valence electrons. The second kappa shape index (κ2) is 11.1. The number of carbonyl (C=O) groups excluding carboxylic acids is 1. The van der Waals surface area contributed by atoms with E-state index in [1.807, 2.05) is 55.5 Å². The number of anilines is 1. The van der Waals surface area contributed by atoms with Crippen LogP contribution in [0.25, 0.3) is 10.2 Å². The van der Waals surface area contributed by atoms with Crippen molar-refractivity contribution in [3.63, 3.8) is 0 Å². The summed E-state index contributed by atoms with van der Waals surface area (Å²) in [4.78, 5) is 22.8. The normalized spacial score (nSPS) is 14.6. The Morgan fingerprint density at radius 3 is 2.70 bits per heavy atom. The topological polar surface area (TPSA) is 63.5 Å². The maximum Gasteiger partial charge on any atom is 0.278 e. The summed E-state index contributed by atoms with van der Waals surface area (Å²) in [6.07, 6.45) is 0.857. The summed E-state index contributed by atoms with van der Waals surface area (Å²) >= 11 is 7.85. The fourth-order valence-corrected chi connectivity index (χ4v) is 5.18. The Labute approximate surface area is 210 Å². The zero-order valence-electron chi connectivity index (χ0n) is 19.5. The molecule has 1 aliphatic rings. The smallest absolute Gasteiger partial charge is 0.278 e. The molecule has 0 atom stereocenters. The second-order valence-corrected chi connectivity index (χ2v) is 9.91. The van der Waals surface area contributed by atoms with Crippen molar-refractivity contribution in [1.29, 1.82) is 0 Å². The van der Waals surface area contributed by atoms with Gasteiger partial charge in [0.05, 0.1) is 29.1 Å². The number of carbonyl (C=O) groups is 1. The quantitative estimate of drug-likeness (QED) is 0.439. The van der Waals surface area contributed by atoms with Crippen molar-refractivity contribution in [3.8, 4) is 0 Å². The van der Waals surface area contributed by atoms with Gasteiger partial charge in [-0.1, -0.05) is 22.9 Å². The second-order valence-electron chi connectivity index (χ2n) is 8.49. The molecule has 3 aromatic rings. The van der Waals surface area contributed by atoms with E-state index < -0.39 is 0 Å². The van der Waals surface area contributed by atoms with E-state index in [0.29, 0.717) is 22.4 Å². The molecule has 0 spiro atoms. The number of aryl methyl sites for hydroxylation is 2. The summed E-state index contributed by atoms with van der Waals surface area (Å²) < 4.78 is 8.29. The molecule has 1 amide bonds. The van der Waals surface area contributed by atoms with Crippen LogP contribution in [0, 0.1) is 13.8 Å². The van der Waals surface area contributed by atoms with E-state index in [0.717, 1.165) is 60.7 Å². The molecule has 0 saturated carbocycles. The van der Waals surface area contributed by atoms with Gasteiger partial charge < -0.3 is 4.74 Å². The Morgan fingerprint density at radius 1 is 1.27 bits per heavy atom. The number of fused-ring (bicyclic) bond motifs is 1. The first-order chi connectivity index (χ1) is 15.3. The Balaban J connectivity index is 0.00000306. The predicted octanol–water partition coefficient (Wildman–Crippen LogP) is 5.13. The first-order valence-corrected chi connectivity index (χ1v) is 12.3. The Morgan fingerprint density at radius 2 is 2.00 bits per heavy atom. The molecule has 3 heterocycles. The van der Waals surface area contributed by atoms with Gasteiger partial charge in [-0.15, -0.1) is 12.4 Å². The number of benzene rings is 1. The van der Waals surface area contributed by atoms with Gasteiger partial charge >= 0.3 is 0 Å². The molecule has 33 heavy (non-hydrogen) atoms. The predicted molar refractivity (Wildman–Crippen MR) is 138 cm³/mol. The third-order valence-electron chi connectivity index (χ3n) is 5.74. The van der Waals surface area contributed by atoms with Gasteiger partial charge in [0, 0.05) is 37.2 Å². The largest absolute Gasteiger partial charge is 0.379 e. The maximum atomic E-state index is 13.8. The molecule has 2 aromatic heterocycles. The van der Waals surface area contributed by atoms with Gasteiger partial charge in [-0.25, -0.2) is 4.98 Å². The van der Waals surface area contributed by atoms with Gasteiger partial charge in [-0.2, -0.15) is 5.10 Å². The lowest BCUT2D eigenvalue weighted by atomic mass is 10.2. The average molecular weight is 513 g/mol. The molecule has 0 radical (unpaired) electrons. The van der Waals surface area contributed by atoms with Crippen molar-refractivity contribution < 1.29 is 9.53 Å². The summed E-state index contributed by atoms with van der Waals surface area (Å²) in [6, 6.07) is 5.83. The molecule has 7 nitrogen and oxygen atoms in total. The third kappa shape index (κ3) is 5.69. The maximum absolute atomic E-state index is 13.8. The van der Waals surface area contributed by atoms with Crippen molar-refractivity contribution in [1.82, 2.24) is 19.7 Å². The first kappa shape index (κ1) is 25.9. The number of ether oxygens (including phenoxy) is 1. The molecule has 1 fully saturated rings. The molecule has 0 unspecified atom stereocenters. The number of thiazole rings is 1. The highest BCUT2D eigenvalue weighted by Gasteiger charge is 2.26. The number of rotatable bonds is 7. The van der Waals surface area contributed by atoms with Gasteiger partial charge in [0.2, 0.25) is 0 Å². The van der Waals surface area contributed by atoms with Crippen molar-refractivity contribution in [2.45, 2.75) is 40.2 Å². The Kier molecular flexibility index (Phi) is 8.75. The summed E-state index contributed by atoms with van der Waals surface area (Å²) in [6.45, 7) is 12.9. The van der Waals surface area contributed by atoms with Gasteiger partial charge in [-0.05, 0) is 57.9 Å². The molecule has 0 bridgehead atoms. The summed E-state index contributed by atoms with van der Waals surface area (Å²) in [5.41, 5.74) is 3.23. The van der Waals surface area contributed by atoms with E-state index in [9.17, 15) is 4.79 Å². The average Bonchev–Trinajstić information content (AvgIpc) is 3.38. The zero-order chi connectivity index (χ0) is 22.8. The molecule has 4 rings (SSSR count). The van der Waals surface area contributed by atoms with Crippen LogP contribution in [0.4, 0.5) is 5.13 Å². The lowest BCUT2D eigenvalue weighted by Gasteiger charge is -2.28. The van der Waals surface area contributed by atoms with E-state index in [2.05, 4.69) is 10.00 Å². The van der Waals surface area contributed by atoms with Crippen LogP contribution in [-0.4, -0.2) is 65.0 Å². The number of halogens is 2. The van der Waals surface area contributed by atoms with E-state index in [1.165, 1.54) is 11.3 Å². The minimum Gasteiger partial charge on any atom is -0.379 e. The number of nitrogens with zero attached hydrogens (tertiary/aromatic N) is 5. The van der Waals surface area contributed by atoms with Crippen LogP contribution in [0.2, 0.25) is 5.02 Å². The van der Waals surface area contributed by atoms with Gasteiger partial charge in [0.25, 0.3) is 5.91 Å². The Bertz CT molecular complexity index is 1110. The van der Waals surface area contributed by atoms with Crippen molar-refractivity contribution in [2.24, 2.45) is 0 Å². The van der Waals surface area contributed by atoms with Crippen LogP contribution >= 0.6 is 35.3 Å².